The van der Waals surface area contributed by atoms with Crippen LogP contribution >= 0.6 is 0 Å². The van der Waals surface area contributed by atoms with Crippen LogP contribution in [0.15, 0.2) is 96.0 Å². The van der Waals surface area contributed by atoms with Crippen molar-refractivity contribution in [3.63, 3.8) is 0 Å². The monoisotopic (exact) mass is 444 g/mol. The highest BCUT2D eigenvalue weighted by Gasteiger charge is 2.14. The molecule has 0 amide bonds. The fourth-order valence-corrected chi connectivity index (χ4v) is 3.96. The SMILES string of the molecule is Cc1ccc(N=c2nc3ccc(C)cc3c(Nc3ccc(C)cc3)n2-c2ccc(C)cc2)cc1. The first-order valence-corrected chi connectivity index (χ1v) is 11.5. The Labute approximate surface area is 200 Å². The number of benzene rings is 4. The Balaban J connectivity index is 1.85. The van der Waals surface area contributed by atoms with E-state index >= 15 is 0 Å². The van der Waals surface area contributed by atoms with Crippen molar-refractivity contribution in [1.29, 1.82) is 0 Å². The molecule has 5 rings (SSSR count). The predicted molar refractivity (Wildman–Crippen MR) is 141 cm³/mol. The van der Waals surface area contributed by atoms with E-state index in [1.54, 1.807) is 0 Å². The Morgan fingerprint density at radius 3 is 1.85 bits per heavy atom. The number of hydrogen-bond acceptors (Lipinski definition) is 3. The second-order valence-electron chi connectivity index (χ2n) is 8.89. The molecule has 4 aromatic carbocycles. The van der Waals surface area contributed by atoms with E-state index < -0.39 is 0 Å². The topological polar surface area (TPSA) is 42.2 Å². The van der Waals surface area contributed by atoms with Gasteiger partial charge in [0.1, 0.15) is 5.82 Å². The highest BCUT2D eigenvalue weighted by Crippen LogP contribution is 2.28. The fourth-order valence-electron chi connectivity index (χ4n) is 3.96. The van der Waals surface area contributed by atoms with E-state index in [0.717, 1.165) is 33.8 Å². The maximum Gasteiger partial charge on any atom is 0.236 e. The van der Waals surface area contributed by atoms with Crippen molar-refractivity contribution in [2.75, 3.05) is 5.32 Å². The second-order valence-corrected chi connectivity index (χ2v) is 8.89. The first-order chi connectivity index (χ1) is 16.5. The van der Waals surface area contributed by atoms with Crippen LogP contribution in [0.1, 0.15) is 22.3 Å². The van der Waals surface area contributed by atoms with Gasteiger partial charge in [-0.05, 0) is 76.2 Å². The van der Waals surface area contributed by atoms with Gasteiger partial charge in [-0.25, -0.2) is 9.98 Å². The number of aromatic nitrogens is 2. The average molecular weight is 445 g/mol. The third kappa shape index (κ3) is 4.48. The Morgan fingerprint density at radius 1 is 0.647 bits per heavy atom. The zero-order valence-electron chi connectivity index (χ0n) is 20.0. The summed E-state index contributed by atoms with van der Waals surface area (Å²) >= 11 is 0. The maximum atomic E-state index is 5.01. The minimum atomic E-state index is 0.624. The van der Waals surface area contributed by atoms with Crippen molar-refractivity contribution >= 4 is 28.1 Å². The molecule has 0 radical (unpaired) electrons. The number of anilines is 2. The molecule has 4 heteroatoms. The Kier molecular flexibility index (Phi) is 5.72. The summed E-state index contributed by atoms with van der Waals surface area (Å²) in [5.74, 6) is 0.937. The Bertz CT molecular complexity index is 1530. The molecule has 0 fully saturated rings. The van der Waals surface area contributed by atoms with Crippen LogP contribution in [0.4, 0.5) is 17.2 Å². The second kappa shape index (κ2) is 8.99. The van der Waals surface area contributed by atoms with Gasteiger partial charge in [0.15, 0.2) is 0 Å². The first-order valence-electron chi connectivity index (χ1n) is 11.5. The fraction of sp³-hybridized carbons (Fsp3) is 0.133. The Morgan fingerprint density at radius 2 is 1.21 bits per heavy atom. The van der Waals surface area contributed by atoms with Crippen LogP contribution in [0.2, 0.25) is 0 Å². The van der Waals surface area contributed by atoms with Gasteiger partial charge in [-0.1, -0.05) is 64.7 Å². The van der Waals surface area contributed by atoms with Gasteiger partial charge in [-0.2, -0.15) is 0 Å². The van der Waals surface area contributed by atoms with Crippen molar-refractivity contribution < 1.29 is 0 Å². The number of aryl methyl sites for hydroxylation is 4. The summed E-state index contributed by atoms with van der Waals surface area (Å²) in [7, 11) is 0. The van der Waals surface area contributed by atoms with Crippen LogP contribution in [0.25, 0.3) is 16.6 Å². The van der Waals surface area contributed by atoms with E-state index in [0.29, 0.717) is 5.62 Å². The largest absolute Gasteiger partial charge is 0.341 e. The lowest BCUT2D eigenvalue weighted by atomic mass is 10.1. The molecule has 4 nitrogen and oxygen atoms in total. The summed E-state index contributed by atoms with van der Waals surface area (Å²) in [6, 6.07) is 31.5. The van der Waals surface area contributed by atoms with Crippen LogP contribution < -0.4 is 10.9 Å². The van der Waals surface area contributed by atoms with E-state index in [1.165, 1.54) is 22.3 Å². The zero-order valence-corrected chi connectivity index (χ0v) is 20.0. The standard InChI is InChI=1S/C30H28N4/c1-20-5-12-24(13-6-20)31-29-27-19-23(4)11-18-28(27)33-30(32-25-14-7-21(2)8-15-25)34(29)26-16-9-22(3)10-17-26/h5-19,31H,1-4H3. The molecule has 1 N–H and O–H groups in total. The van der Waals surface area contributed by atoms with Gasteiger partial charge in [0.2, 0.25) is 5.62 Å². The smallest absolute Gasteiger partial charge is 0.236 e. The van der Waals surface area contributed by atoms with Crippen LogP contribution in [0.3, 0.4) is 0 Å². The molecule has 0 spiro atoms. The summed E-state index contributed by atoms with van der Waals surface area (Å²) in [6.07, 6.45) is 0. The van der Waals surface area contributed by atoms with Gasteiger partial charge in [-0.3, -0.25) is 4.57 Å². The van der Waals surface area contributed by atoms with Gasteiger partial charge in [0, 0.05) is 11.1 Å². The van der Waals surface area contributed by atoms with Gasteiger partial charge in [0.25, 0.3) is 0 Å². The molecule has 0 bridgehead atoms. The molecule has 1 aromatic heterocycles. The van der Waals surface area contributed by atoms with E-state index in [1.807, 2.05) is 12.1 Å². The number of rotatable bonds is 4. The number of nitrogens with zero attached hydrogens (tertiary/aromatic N) is 3. The first kappa shape index (κ1) is 21.7. The summed E-state index contributed by atoms with van der Waals surface area (Å²) in [5.41, 5.74) is 9.22. The third-order valence-corrected chi connectivity index (χ3v) is 5.92. The van der Waals surface area contributed by atoms with E-state index in [2.05, 4.69) is 116 Å². The highest BCUT2D eigenvalue weighted by molar-refractivity contribution is 5.92. The highest BCUT2D eigenvalue weighted by atomic mass is 15.2. The van der Waals surface area contributed by atoms with Crippen molar-refractivity contribution in [1.82, 2.24) is 9.55 Å². The van der Waals surface area contributed by atoms with Crippen molar-refractivity contribution in [2.24, 2.45) is 4.99 Å². The molecule has 0 aliphatic heterocycles. The van der Waals surface area contributed by atoms with Gasteiger partial charge < -0.3 is 5.32 Å². The molecule has 0 atom stereocenters. The van der Waals surface area contributed by atoms with Crippen molar-refractivity contribution in [3.8, 4) is 5.69 Å². The molecule has 0 saturated carbocycles. The minimum absolute atomic E-state index is 0.624. The molecule has 5 aromatic rings. The van der Waals surface area contributed by atoms with Gasteiger partial charge in [-0.15, -0.1) is 0 Å². The summed E-state index contributed by atoms with van der Waals surface area (Å²) < 4.78 is 2.11. The lowest BCUT2D eigenvalue weighted by Crippen LogP contribution is -2.25. The normalized spacial score (nSPS) is 11.7. The van der Waals surface area contributed by atoms with Crippen LogP contribution in [0, 0.1) is 27.7 Å². The quantitative estimate of drug-likeness (QED) is 0.318. The Hall–Kier alpha value is -4.18. The van der Waals surface area contributed by atoms with E-state index in [9.17, 15) is 0 Å². The zero-order chi connectivity index (χ0) is 23.7. The molecule has 0 saturated heterocycles. The number of hydrogen-bond donors (Lipinski definition) is 1. The minimum Gasteiger partial charge on any atom is -0.341 e. The van der Waals surface area contributed by atoms with E-state index in [-0.39, 0.29) is 0 Å². The molecular weight excluding hydrogens is 416 g/mol. The molecule has 0 aliphatic rings. The molecule has 0 unspecified atom stereocenters. The maximum absolute atomic E-state index is 5.01. The van der Waals surface area contributed by atoms with Crippen molar-refractivity contribution in [3.05, 3.63) is 119 Å². The van der Waals surface area contributed by atoms with Gasteiger partial charge >= 0.3 is 0 Å². The molecule has 1 heterocycles. The third-order valence-electron chi connectivity index (χ3n) is 5.92. The summed E-state index contributed by atoms with van der Waals surface area (Å²) in [5, 5.41) is 4.73. The lowest BCUT2D eigenvalue weighted by molar-refractivity contribution is 0.902. The molecular formula is C30H28N4. The van der Waals surface area contributed by atoms with Crippen LogP contribution in [0.5, 0.6) is 0 Å². The molecule has 168 valence electrons. The summed E-state index contributed by atoms with van der Waals surface area (Å²) in [4.78, 5) is 9.99. The lowest BCUT2D eigenvalue weighted by Gasteiger charge is -2.19. The van der Waals surface area contributed by atoms with E-state index in [4.69, 9.17) is 9.98 Å². The summed E-state index contributed by atoms with van der Waals surface area (Å²) in [6.45, 7) is 8.38. The van der Waals surface area contributed by atoms with Gasteiger partial charge in [0.05, 0.1) is 16.9 Å². The number of fused-ring (bicyclic) bond motifs is 1. The predicted octanol–water partition coefficient (Wildman–Crippen LogP) is 7.24. The molecule has 0 aliphatic carbocycles. The van der Waals surface area contributed by atoms with Crippen molar-refractivity contribution in [2.45, 2.75) is 27.7 Å². The van der Waals surface area contributed by atoms with Crippen LogP contribution in [-0.2, 0) is 0 Å². The molecule has 34 heavy (non-hydrogen) atoms. The van der Waals surface area contributed by atoms with Crippen LogP contribution in [-0.4, -0.2) is 9.55 Å². The average Bonchev–Trinajstić information content (AvgIpc) is 2.83. The number of nitrogens with one attached hydrogen (secondary N) is 1.